The number of carboxylic acids is 1. The number of carboxylic acid groups (broad SMARTS) is 1. The van der Waals surface area contributed by atoms with Crippen LogP contribution >= 0.6 is 11.6 Å². The van der Waals surface area contributed by atoms with E-state index in [4.69, 9.17) is 16.7 Å². The van der Waals surface area contributed by atoms with Gasteiger partial charge in [0.1, 0.15) is 0 Å². The standard InChI is InChI=1S/C6H4ClNO3S/c7-5-4(12-11)3(6(9)10)1-2-8-5/h1-2,5H,(H,9,10). The number of allylic oxidation sites excluding steroid dienone is 1. The van der Waals surface area contributed by atoms with E-state index in [1.165, 1.54) is 12.3 Å². The van der Waals surface area contributed by atoms with Gasteiger partial charge in [0.25, 0.3) is 0 Å². The molecular weight excluding hydrogens is 202 g/mol. The van der Waals surface area contributed by atoms with Crippen LogP contribution in [0.2, 0.25) is 0 Å². The van der Waals surface area contributed by atoms with Gasteiger partial charge in [-0.25, -0.2) is 9.00 Å². The maximum Gasteiger partial charge on any atom is 0.337 e. The molecule has 1 atom stereocenters. The Bertz CT molecular complexity index is 330. The molecule has 0 saturated heterocycles. The average molecular weight is 206 g/mol. The number of rotatable bonds is 1. The van der Waals surface area contributed by atoms with Crippen LogP contribution in [0.15, 0.2) is 16.6 Å². The van der Waals surface area contributed by atoms with Crippen LogP contribution in [0.5, 0.6) is 0 Å². The van der Waals surface area contributed by atoms with Crippen LogP contribution in [-0.2, 0) is 16.1 Å². The SMILES string of the molecule is O=S=C1C(C(=O)O)=CC=NC1Cl. The van der Waals surface area contributed by atoms with Gasteiger partial charge in [0, 0.05) is 6.21 Å². The van der Waals surface area contributed by atoms with Crippen LogP contribution in [-0.4, -0.2) is 31.9 Å². The van der Waals surface area contributed by atoms with E-state index >= 15 is 0 Å². The summed E-state index contributed by atoms with van der Waals surface area (Å²) in [6, 6.07) is 0. The van der Waals surface area contributed by atoms with Gasteiger partial charge in [-0.3, -0.25) is 4.99 Å². The Hall–Kier alpha value is -0.940. The van der Waals surface area contributed by atoms with Crippen molar-refractivity contribution < 1.29 is 14.1 Å². The van der Waals surface area contributed by atoms with Gasteiger partial charge in [-0.1, -0.05) is 11.6 Å². The highest BCUT2D eigenvalue weighted by Gasteiger charge is 2.23. The third-order valence-corrected chi connectivity index (χ3v) is 2.34. The average Bonchev–Trinajstić information content (AvgIpc) is 2.03. The summed E-state index contributed by atoms with van der Waals surface area (Å²) in [5, 5.41) is 8.60. The first-order chi connectivity index (χ1) is 5.66. The zero-order valence-corrected chi connectivity index (χ0v) is 7.30. The van der Waals surface area contributed by atoms with Crippen molar-refractivity contribution in [2.75, 3.05) is 0 Å². The first-order valence-corrected chi connectivity index (χ1v) is 4.12. The van der Waals surface area contributed by atoms with E-state index in [0.29, 0.717) is 0 Å². The fourth-order valence-corrected chi connectivity index (χ4v) is 1.41. The number of hydrogen-bond acceptors (Lipinski definition) is 3. The second kappa shape index (κ2) is 3.64. The van der Waals surface area contributed by atoms with Crippen molar-refractivity contribution in [3.8, 4) is 0 Å². The third-order valence-electron chi connectivity index (χ3n) is 1.26. The molecule has 0 aromatic heterocycles. The van der Waals surface area contributed by atoms with Crippen LogP contribution in [0.3, 0.4) is 0 Å². The van der Waals surface area contributed by atoms with Crippen molar-refractivity contribution in [3.63, 3.8) is 0 Å². The first-order valence-electron chi connectivity index (χ1n) is 2.94. The minimum Gasteiger partial charge on any atom is -0.478 e. The van der Waals surface area contributed by atoms with Gasteiger partial charge in [-0.15, -0.1) is 0 Å². The molecule has 1 heterocycles. The number of aliphatic carboxylic acids is 1. The van der Waals surface area contributed by atoms with Gasteiger partial charge in [0.2, 0.25) is 0 Å². The molecule has 0 aliphatic carbocycles. The summed E-state index contributed by atoms with van der Waals surface area (Å²) in [5.74, 6) is -1.16. The zero-order chi connectivity index (χ0) is 9.14. The summed E-state index contributed by atoms with van der Waals surface area (Å²) in [5.41, 5.74) is -0.936. The monoisotopic (exact) mass is 205 g/mol. The smallest absolute Gasteiger partial charge is 0.337 e. The van der Waals surface area contributed by atoms with E-state index in [1.54, 1.807) is 0 Å². The quantitative estimate of drug-likeness (QED) is 0.373. The Kier molecular flexibility index (Phi) is 2.78. The van der Waals surface area contributed by atoms with Crippen molar-refractivity contribution >= 4 is 39.9 Å². The largest absolute Gasteiger partial charge is 0.478 e. The van der Waals surface area contributed by atoms with Gasteiger partial charge in [-0.2, -0.15) is 0 Å². The normalized spacial score (nSPS) is 21.9. The summed E-state index contributed by atoms with van der Waals surface area (Å²) < 4.78 is 10.4. The van der Waals surface area contributed by atoms with E-state index in [0.717, 1.165) is 0 Å². The Balaban J connectivity index is 3.14. The van der Waals surface area contributed by atoms with Gasteiger partial charge < -0.3 is 5.11 Å². The molecule has 1 unspecified atom stereocenters. The number of dihydropyridines is 1. The van der Waals surface area contributed by atoms with Crippen molar-refractivity contribution in [2.45, 2.75) is 5.50 Å². The van der Waals surface area contributed by atoms with Crippen LogP contribution in [0, 0.1) is 0 Å². The second-order valence-corrected chi connectivity index (χ2v) is 2.99. The van der Waals surface area contributed by atoms with Gasteiger partial charge >= 0.3 is 5.97 Å². The predicted molar refractivity (Wildman–Crippen MR) is 47.0 cm³/mol. The lowest BCUT2D eigenvalue weighted by molar-refractivity contribution is -0.132. The molecule has 0 spiro atoms. The van der Waals surface area contributed by atoms with Crippen molar-refractivity contribution in [2.24, 2.45) is 4.99 Å². The fraction of sp³-hybridized carbons (Fsp3) is 0.167. The molecule has 1 N–H and O–H groups in total. The highest BCUT2D eigenvalue weighted by molar-refractivity contribution is 7.67. The zero-order valence-electron chi connectivity index (χ0n) is 5.73. The molecule has 1 rings (SSSR count). The van der Waals surface area contributed by atoms with Crippen LogP contribution < -0.4 is 0 Å². The molecule has 12 heavy (non-hydrogen) atoms. The lowest BCUT2D eigenvalue weighted by Gasteiger charge is -2.09. The number of alkyl halides is 1. The number of carbonyl (C=O) groups is 1. The molecule has 64 valence electrons. The topological polar surface area (TPSA) is 66.7 Å². The second-order valence-electron chi connectivity index (χ2n) is 1.97. The fourth-order valence-electron chi connectivity index (χ4n) is 0.733. The van der Waals surface area contributed by atoms with E-state index < -0.39 is 11.5 Å². The molecule has 0 fully saturated rings. The third kappa shape index (κ3) is 1.62. The maximum absolute atomic E-state index is 10.5. The summed E-state index contributed by atoms with van der Waals surface area (Å²) in [4.78, 5) is 14.2. The Morgan fingerprint density at radius 3 is 2.83 bits per heavy atom. The number of halogens is 1. The Morgan fingerprint density at radius 1 is 1.75 bits per heavy atom. The van der Waals surface area contributed by atoms with Crippen LogP contribution in [0.4, 0.5) is 0 Å². The van der Waals surface area contributed by atoms with Crippen molar-refractivity contribution in [1.82, 2.24) is 0 Å². The number of nitrogens with zero attached hydrogens (tertiary/aromatic N) is 1. The molecule has 0 saturated carbocycles. The molecule has 1 aliphatic heterocycles. The molecule has 0 aromatic carbocycles. The van der Waals surface area contributed by atoms with Gasteiger partial charge in [0.15, 0.2) is 5.50 Å². The number of aliphatic imine (C=N–C) groups is 1. The van der Waals surface area contributed by atoms with E-state index in [2.05, 4.69) is 4.99 Å². The molecule has 4 nitrogen and oxygen atoms in total. The molecule has 0 amide bonds. The lowest BCUT2D eigenvalue weighted by atomic mass is 10.1. The summed E-state index contributed by atoms with van der Waals surface area (Å²) in [6.07, 6.45) is 2.53. The van der Waals surface area contributed by atoms with Crippen LogP contribution in [0.25, 0.3) is 0 Å². The van der Waals surface area contributed by atoms with Crippen LogP contribution in [0.1, 0.15) is 0 Å². The first kappa shape index (κ1) is 9.15. The van der Waals surface area contributed by atoms with Gasteiger partial charge in [0.05, 0.1) is 21.7 Å². The molecule has 0 radical (unpaired) electrons. The Labute approximate surface area is 76.6 Å². The minimum atomic E-state index is -1.16. The highest BCUT2D eigenvalue weighted by Crippen LogP contribution is 2.11. The van der Waals surface area contributed by atoms with E-state index in [-0.39, 0.29) is 21.7 Å². The molecule has 1 aliphatic rings. The van der Waals surface area contributed by atoms with E-state index in [1.807, 2.05) is 0 Å². The molecule has 0 aromatic rings. The highest BCUT2D eigenvalue weighted by atomic mass is 35.5. The minimum absolute atomic E-state index is 0.0340. The van der Waals surface area contributed by atoms with Gasteiger partial charge in [-0.05, 0) is 6.08 Å². The molecule has 6 heteroatoms. The molecular formula is C6H4ClNO3S. The van der Waals surface area contributed by atoms with Crippen molar-refractivity contribution in [3.05, 3.63) is 11.6 Å². The summed E-state index contributed by atoms with van der Waals surface area (Å²) >= 11 is 5.62. The number of hydrogen-bond donors (Lipinski definition) is 1. The summed E-state index contributed by atoms with van der Waals surface area (Å²) in [7, 11) is 0. The summed E-state index contributed by atoms with van der Waals surface area (Å²) in [6.45, 7) is 0. The molecule has 0 bridgehead atoms. The Morgan fingerprint density at radius 2 is 2.42 bits per heavy atom. The van der Waals surface area contributed by atoms with Crippen molar-refractivity contribution in [1.29, 1.82) is 0 Å². The lowest BCUT2D eigenvalue weighted by Crippen LogP contribution is -2.23. The predicted octanol–water partition coefficient (Wildman–Crippen LogP) is 0.0321. The maximum atomic E-state index is 10.5. The van der Waals surface area contributed by atoms with E-state index in [9.17, 15) is 9.00 Å².